The minimum Gasteiger partial charge on any atom is -0.495 e. The van der Waals surface area contributed by atoms with Crippen LogP contribution in [-0.4, -0.2) is 7.11 Å². The van der Waals surface area contributed by atoms with Crippen LogP contribution in [0.25, 0.3) is 0 Å². The molecule has 0 saturated heterocycles. The Kier molecular flexibility index (Phi) is 3.18. The van der Waals surface area contributed by atoms with E-state index in [9.17, 15) is 4.39 Å². The number of ether oxygens (including phenoxy) is 1. The molecule has 0 atom stereocenters. The maximum atomic E-state index is 12.9. The third kappa shape index (κ3) is 1.82. The Hall–Kier alpha value is -0.470. The van der Waals surface area contributed by atoms with Crippen molar-refractivity contribution in [2.75, 3.05) is 7.11 Å². The van der Waals surface area contributed by atoms with Gasteiger partial charge in [0.25, 0.3) is 0 Å². The Balaban J connectivity index is 3.18. The molecule has 1 rings (SSSR count). The zero-order valence-electron chi connectivity index (χ0n) is 6.40. The third-order valence-corrected chi connectivity index (χ3v) is 2.05. The second kappa shape index (κ2) is 3.97. The van der Waals surface area contributed by atoms with Gasteiger partial charge in [-0.05, 0) is 12.1 Å². The number of rotatable bonds is 2. The van der Waals surface area contributed by atoms with Crippen molar-refractivity contribution in [3.8, 4) is 5.75 Å². The molecule has 0 bridgehead atoms. The Bertz CT molecular complexity index is 263. The monoisotopic (exact) mass is 208 g/mol. The summed E-state index contributed by atoms with van der Waals surface area (Å²) in [6.45, 7) is 0. The van der Waals surface area contributed by atoms with Crippen molar-refractivity contribution in [1.29, 1.82) is 0 Å². The van der Waals surface area contributed by atoms with Crippen LogP contribution in [0.15, 0.2) is 12.1 Å². The van der Waals surface area contributed by atoms with E-state index in [4.69, 9.17) is 27.9 Å². The molecule has 12 heavy (non-hydrogen) atoms. The highest BCUT2D eigenvalue weighted by Gasteiger charge is 2.07. The molecule has 0 radical (unpaired) electrons. The van der Waals surface area contributed by atoms with Gasteiger partial charge in [-0.1, -0.05) is 11.6 Å². The predicted octanol–water partition coefficient (Wildman–Crippen LogP) is 3.23. The number of benzene rings is 1. The first-order chi connectivity index (χ1) is 5.69. The molecule has 0 aliphatic rings. The highest BCUT2D eigenvalue weighted by Crippen LogP contribution is 2.27. The number of hydrogen-bond acceptors (Lipinski definition) is 1. The summed E-state index contributed by atoms with van der Waals surface area (Å²) in [6.07, 6.45) is 0. The van der Waals surface area contributed by atoms with E-state index in [1.165, 1.54) is 19.2 Å². The van der Waals surface area contributed by atoms with Gasteiger partial charge in [-0.3, -0.25) is 0 Å². The van der Waals surface area contributed by atoms with E-state index in [1.807, 2.05) is 0 Å². The topological polar surface area (TPSA) is 9.23 Å². The second-order valence-corrected chi connectivity index (χ2v) is 2.89. The molecular weight excluding hydrogens is 202 g/mol. The maximum Gasteiger partial charge on any atom is 0.137 e. The van der Waals surface area contributed by atoms with Crippen molar-refractivity contribution in [2.45, 2.75) is 5.88 Å². The van der Waals surface area contributed by atoms with Gasteiger partial charge < -0.3 is 4.74 Å². The molecule has 1 aromatic rings. The molecule has 0 spiro atoms. The standard InChI is InChI=1S/C8H7Cl2FO/c1-12-8-2-5(4-9)7(11)3-6(8)10/h2-3H,4H2,1H3. The minimum atomic E-state index is -0.407. The van der Waals surface area contributed by atoms with Crippen LogP contribution < -0.4 is 4.74 Å². The Labute approximate surface area is 80.0 Å². The number of halogens is 3. The Morgan fingerprint density at radius 1 is 1.50 bits per heavy atom. The molecule has 66 valence electrons. The van der Waals surface area contributed by atoms with Crippen LogP contribution in [0.5, 0.6) is 5.75 Å². The fraction of sp³-hybridized carbons (Fsp3) is 0.250. The normalized spacial score (nSPS) is 10.0. The van der Waals surface area contributed by atoms with Crippen molar-refractivity contribution >= 4 is 23.2 Å². The van der Waals surface area contributed by atoms with Crippen molar-refractivity contribution in [2.24, 2.45) is 0 Å². The van der Waals surface area contributed by atoms with Gasteiger partial charge in [0.2, 0.25) is 0 Å². The lowest BCUT2D eigenvalue weighted by molar-refractivity contribution is 0.413. The van der Waals surface area contributed by atoms with E-state index in [-0.39, 0.29) is 10.9 Å². The number of alkyl halides is 1. The summed E-state index contributed by atoms with van der Waals surface area (Å²) < 4.78 is 17.8. The largest absolute Gasteiger partial charge is 0.495 e. The Morgan fingerprint density at radius 3 is 2.67 bits per heavy atom. The van der Waals surface area contributed by atoms with Crippen LogP contribution in [-0.2, 0) is 5.88 Å². The van der Waals surface area contributed by atoms with Crippen molar-refractivity contribution in [3.05, 3.63) is 28.5 Å². The third-order valence-electron chi connectivity index (χ3n) is 1.46. The van der Waals surface area contributed by atoms with E-state index in [0.717, 1.165) is 0 Å². The average molecular weight is 209 g/mol. The first-order valence-electron chi connectivity index (χ1n) is 3.27. The van der Waals surface area contributed by atoms with Gasteiger partial charge in [0.1, 0.15) is 11.6 Å². The predicted molar refractivity (Wildman–Crippen MR) is 47.5 cm³/mol. The highest BCUT2D eigenvalue weighted by atomic mass is 35.5. The summed E-state index contributed by atoms with van der Waals surface area (Å²) in [5, 5.41) is 0.254. The zero-order valence-corrected chi connectivity index (χ0v) is 7.92. The molecule has 0 saturated carbocycles. The molecule has 0 amide bonds. The molecule has 0 N–H and O–H groups in total. The molecule has 0 heterocycles. The summed E-state index contributed by atoms with van der Waals surface area (Å²) in [7, 11) is 1.47. The summed E-state index contributed by atoms with van der Waals surface area (Å²) in [6, 6.07) is 2.68. The van der Waals surface area contributed by atoms with Crippen LogP contribution >= 0.6 is 23.2 Å². The van der Waals surface area contributed by atoms with Gasteiger partial charge in [0.05, 0.1) is 18.0 Å². The quantitative estimate of drug-likeness (QED) is 0.679. The molecule has 0 aliphatic carbocycles. The van der Waals surface area contributed by atoms with Crippen LogP contribution in [0.2, 0.25) is 5.02 Å². The molecular formula is C8H7Cl2FO. The van der Waals surface area contributed by atoms with Gasteiger partial charge in [0.15, 0.2) is 0 Å². The van der Waals surface area contributed by atoms with Crippen LogP contribution in [0.3, 0.4) is 0 Å². The van der Waals surface area contributed by atoms with Crippen molar-refractivity contribution in [1.82, 2.24) is 0 Å². The van der Waals surface area contributed by atoms with E-state index < -0.39 is 5.82 Å². The van der Waals surface area contributed by atoms with E-state index >= 15 is 0 Å². The molecule has 0 aromatic heterocycles. The van der Waals surface area contributed by atoms with Crippen molar-refractivity contribution < 1.29 is 9.13 Å². The molecule has 0 fully saturated rings. The lowest BCUT2D eigenvalue weighted by atomic mass is 10.2. The maximum absolute atomic E-state index is 12.9. The smallest absolute Gasteiger partial charge is 0.137 e. The summed E-state index contributed by atoms with van der Waals surface area (Å²) in [5.74, 6) is 0.142. The average Bonchev–Trinajstić information content (AvgIpc) is 2.05. The van der Waals surface area contributed by atoms with Gasteiger partial charge in [-0.25, -0.2) is 4.39 Å². The minimum absolute atomic E-state index is 0.110. The molecule has 0 aliphatic heterocycles. The number of hydrogen-bond donors (Lipinski definition) is 0. The number of methoxy groups -OCH3 is 1. The molecule has 4 heteroatoms. The molecule has 1 aromatic carbocycles. The lowest BCUT2D eigenvalue weighted by Gasteiger charge is -2.05. The van der Waals surface area contributed by atoms with E-state index in [1.54, 1.807) is 0 Å². The summed E-state index contributed by atoms with van der Waals surface area (Å²) in [5.41, 5.74) is 0.387. The summed E-state index contributed by atoms with van der Waals surface area (Å²) >= 11 is 11.1. The van der Waals surface area contributed by atoms with Crippen LogP contribution in [0.1, 0.15) is 5.56 Å². The van der Waals surface area contributed by atoms with E-state index in [2.05, 4.69) is 0 Å². The SMILES string of the molecule is COc1cc(CCl)c(F)cc1Cl. The van der Waals surface area contributed by atoms with Crippen LogP contribution in [0, 0.1) is 5.82 Å². The fourth-order valence-electron chi connectivity index (χ4n) is 0.830. The Morgan fingerprint density at radius 2 is 2.17 bits per heavy atom. The first kappa shape index (κ1) is 9.62. The first-order valence-corrected chi connectivity index (χ1v) is 4.18. The lowest BCUT2D eigenvalue weighted by Crippen LogP contribution is -1.90. The molecule has 0 unspecified atom stereocenters. The van der Waals surface area contributed by atoms with Gasteiger partial charge in [-0.15, -0.1) is 11.6 Å². The van der Waals surface area contributed by atoms with Crippen LogP contribution in [0.4, 0.5) is 4.39 Å². The van der Waals surface area contributed by atoms with E-state index in [0.29, 0.717) is 11.3 Å². The zero-order chi connectivity index (χ0) is 9.14. The van der Waals surface area contributed by atoms with Gasteiger partial charge in [0, 0.05) is 5.56 Å². The van der Waals surface area contributed by atoms with Crippen molar-refractivity contribution in [3.63, 3.8) is 0 Å². The molecule has 1 nitrogen and oxygen atoms in total. The highest BCUT2D eigenvalue weighted by molar-refractivity contribution is 6.32. The second-order valence-electron chi connectivity index (χ2n) is 2.21. The van der Waals surface area contributed by atoms with Gasteiger partial charge in [-0.2, -0.15) is 0 Å². The summed E-state index contributed by atoms with van der Waals surface area (Å²) in [4.78, 5) is 0. The van der Waals surface area contributed by atoms with Gasteiger partial charge >= 0.3 is 0 Å². The fourth-order valence-corrected chi connectivity index (χ4v) is 1.26.